The summed E-state index contributed by atoms with van der Waals surface area (Å²) in [5.74, 6) is -0.348. The molecular formula is C21H20N4O3S2. The van der Waals surface area contributed by atoms with Gasteiger partial charge in [-0.3, -0.25) is 10.1 Å². The van der Waals surface area contributed by atoms with Crippen LogP contribution in [-0.4, -0.2) is 30.8 Å². The summed E-state index contributed by atoms with van der Waals surface area (Å²) in [6, 6.07) is 13.8. The Labute approximate surface area is 178 Å². The maximum atomic E-state index is 12.6. The number of nitrogens with one attached hydrogen (secondary N) is 3. The Morgan fingerprint density at radius 2 is 1.87 bits per heavy atom. The number of fused-ring (bicyclic) bond motifs is 1. The van der Waals surface area contributed by atoms with Crippen LogP contribution in [-0.2, 0) is 10.0 Å². The van der Waals surface area contributed by atoms with Crippen LogP contribution in [0.25, 0.3) is 22.2 Å². The molecule has 0 atom stereocenters. The maximum absolute atomic E-state index is 12.6. The lowest BCUT2D eigenvalue weighted by Crippen LogP contribution is -2.23. The number of amides is 1. The van der Waals surface area contributed by atoms with E-state index in [9.17, 15) is 13.2 Å². The minimum atomic E-state index is -3.55. The van der Waals surface area contributed by atoms with Crippen LogP contribution in [0.5, 0.6) is 0 Å². The van der Waals surface area contributed by atoms with Gasteiger partial charge in [0, 0.05) is 39.6 Å². The number of benzene rings is 2. The number of hydrogen-bond donors (Lipinski definition) is 3. The largest absolute Gasteiger partial charge is 0.358 e. The van der Waals surface area contributed by atoms with Crippen molar-refractivity contribution in [3.63, 3.8) is 0 Å². The standard InChI is InChI=1S/C21H20N4O3S2/c1-3-22-30(27,28)15-10-8-14(9-11-15)20(26)25-21-24-18(12-29-21)19-13(2)23-17-7-5-4-6-16(17)19/h4-12,22-23H,3H2,1-2H3,(H,24,25,26). The van der Waals surface area contributed by atoms with E-state index in [1.54, 1.807) is 6.92 Å². The van der Waals surface area contributed by atoms with Gasteiger partial charge in [0.25, 0.3) is 5.91 Å². The first-order valence-corrected chi connectivity index (χ1v) is 11.7. The second-order valence-corrected chi connectivity index (χ2v) is 9.31. The molecule has 0 saturated heterocycles. The van der Waals surface area contributed by atoms with E-state index in [4.69, 9.17) is 0 Å². The van der Waals surface area contributed by atoms with Gasteiger partial charge in [0.2, 0.25) is 10.0 Å². The molecule has 9 heteroatoms. The Morgan fingerprint density at radius 3 is 2.60 bits per heavy atom. The van der Waals surface area contributed by atoms with Crippen molar-refractivity contribution in [2.45, 2.75) is 18.7 Å². The predicted molar refractivity (Wildman–Crippen MR) is 119 cm³/mol. The first kappa shape index (κ1) is 20.3. The van der Waals surface area contributed by atoms with Crippen molar-refractivity contribution in [2.24, 2.45) is 0 Å². The van der Waals surface area contributed by atoms with Crippen LogP contribution in [0.15, 0.2) is 58.8 Å². The lowest BCUT2D eigenvalue weighted by Gasteiger charge is -2.06. The summed E-state index contributed by atoms with van der Waals surface area (Å²) in [5.41, 5.74) is 4.20. The van der Waals surface area contributed by atoms with Gasteiger partial charge in [0.15, 0.2) is 5.13 Å². The third-order valence-electron chi connectivity index (χ3n) is 4.64. The number of nitrogens with zero attached hydrogens (tertiary/aromatic N) is 1. The Bertz CT molecular complexity index is 1320. The van der Waals surface area contributed by atoms with Gasteiger partial charge in [-0.15, -0.1) is 11.3 Å². The number of hydrogen-bond acceptors (Lipinski definition) is 5. The zero-order chi connectivity index (χ0) is 21.3. The number of aryl methyl sites for hydroxylation is 1. The van der Waals surface area contributed by atoms with E-state index in [2.05, 4.69) is 20.0 Å². The number of para-hydroxylation sites is 1. The highest BCUT2D eigenvalue weighted by atomic mass is 32.2. The summed E-state index contributed by atoms with van der Waals surface area (Å²) in [7, 11) is -3.55. The molecule has 0 saturated carbocycles. The lowest BCUT2D eigenvalue weighted by atomic mass is 10.1. The Hall–Kier alpha value is -3.01. The van der Waals surface area contributed by atoms with E-state index in [0.717, 1.165) is 27.9 Å². The van der Waals surface area contributed by atoms with E-state index >= 15 is 0 Å². The van der Waals surface area contributed by atoms with Gasteiger partial charge in [-0.2, -0.15) is 0 Å². The smallest absolute Gasteiger partial charge is 0.257 e. The molecule has 7 nitrogen and oxygen atoms in total. The van der Waals surface area contributed by atoms with Crippen molar-refractivity contribution in [3.8, 4) is 11.3 Å². The molecular weight excluding hydrogens is 420 g/mol. The molecule has 4 rings (SSSR count). The Morgan fingerprint density at radius 1 is 1.13 bits per heavy atom. The number of rotatable bonds is 6. The average Bonchev–Trinajstić information content (AvgIpc) is 3.30. The maximum Gasteiger partial charge on any atom is 0.257 e. The first-order valence-electron chi connectivity index (χ1n) is 9.33. The van der Waals surface area contributed by atoms with Gasteiger partial charge < -0.3 is 4.98 Å². The third kappa shape index (κ3) is 3.87. The molecule has 0 spiro atoms. The van der Waals surface area contributed by atoms with Gasteiger partial charge in [-0.05, 0) is 37.3 Å². The minimum Gasteiger partial charge on any atom is -0.358 e. The van der Waals surface area contributed by atoms with Crippen LogP contribution in [0, 0.1) is 6.92 Å². The second kappa shape index (κ2) is 8.02. The number of aromatic amines is 1. The summed E-state index contributed by atoms with van der Waals surface area (Å²) < 4.78 is 26.5. The van der Waals surface area contributed by atoms with Gasteiger partial charge in [0.05, 0.1) is 10.6 Å². The number of carbonyl (C=O) groups excluding carboxylic acids is 1. The number of anilines is 1. The highest BCUT2D eigenvalue weighted by Crippen LogP contribution is 2.33. The quantitative estimate of drug-likeness (QED) is 0.419. The van der Waals surface area contributed by atoms with Crippen molar-refractivity contribution in [1.29, 1.82) is 0 Å². The molecule has 0 radical (unpaired) electrons. The van der Waals surface area contributed by atoms with Crippen LogP contribution in [0.2, 0.25) is 0 Å². The topological polar surface area (TPSA) is 104 Å². The SMILES string of the molecule is CCNS(=O)(=O)c1ccc(C(=O)Nc2nc(-c3c(C)[nH]c4ccccc34)cs2)cc1. The molecule has 4 aromatic rings. The fourth-order valence-corrected chi connectivity index (χ4v) is 5.02. The number of aromatic nitrogens is 2. The number of thiazole rings is 1. The van der Waals surface area contributed by atoms with Crippen molar-refractivity contribution in [1.82, 2.24) is 14.7 Å². The third-order valence-corrected chi connectivity index (χ3v) is 6.95. The van der Waals surface area contributed by atoms with Crippen molar-refractivity contribution >= 4 is 43.3 Å². The molecule has 2 aromatic carbocycles. The van der Waals surface area contributed by atoms with E-state index in [0.29, 0.717) is 17.2 Å². The first-order chi connectivity index (χ1) is 14.4. The fraction of sp³-hybridized carbons (Fsp3) is 0.143. The molecule has 2 heterocycles. The molecule has 30 heavy (non-hydrogen) atoms. The highest BCUT2D eigenvalue weighted by Gasteiger charge is 2.16. The zero-order valence-corrected chi connectivity index (χ0v) is 18.0. The summed E-state index contributed by atoms with van der Waals surface area (Å²) >= 11 is 1.34. The summed E-state index contributed by atoms with van der Waals surface area (Å²) in [6.07, 6.45) is 0. The number of H-pyrrole nitrogens is 1. The monoisotopic (exact) mass is 440 g/mol. The molecule has 0 aliphatic heterocycles. The fourth-order valence-electron chi connectivity index (χ4n) is 3.28. The van der Waals surface area contributed by atoms with Crippen molar-refractivity contribution in [3.05, 3.63) is 65.2 Å². The zero-order valence-electron chi connectivity index (χ0n) is 16.4. The molecule has 0 aliphatic carbocycles. The van der Waals surface area contributed by atoms with Gasteiger partial charge >= 0.3 is 0 Å². The minimum absolute atomic E-state index is 0.118. The van der Waals surface area contributed by atoms with E-state index in [-0.39, 0.29) is 10.8 Å². The van der Waals surface area contributed by atoms with Gasteiger partial charge in [-0.1, -0.05) is 25.1 Å². The molecule has 0 fully saturated rings. The average molecular weight is 441 g/mol. The van der Waals surface area contributed by atoms with Crippen LogP contribution in [0.4, 0.5) is 5.13 Å². The van der Waals surface area contributed by atoms with E-state index < -0.39 is 10.0 Å². The van der Waals surface area contributed by atoms with Crippen LogP contribution < -0.4 is 10.0 Å². The number of carbonyl (C=O) groups is 1. The van der Waals surface area contributed by atoms with Gasteiger partial charge in [0.1, 0.15) is 0 Å². The van der Waals surface area contributed by atoms with Crippen molar-refractivity contribution < 1.29 is 13.2 Å². The number of sulfonamides is 1. The summed E-state index contributed by atoms with van der Waals surface area (Å²) in [5, 5.41) is 6.25. The molecule has 0 aliphatic rings. The predicted octanol–water partition coefficient (Wildman–Crippen LogP) is 4.15. The molecule has 3 N–H and O–H groups in total. The molecule has 2 aromatic heterocycles. The molecule has 1 amide bonds. The Balaban J connectivity index is 1.54. The van der Waals surface area contributed by atoms with E-state index in [1.807, 2.05) is 36.6 Å². The molecule has 0 bridgehead atoms. The van der Waals surface area contributed by atoms with Crippen LogP contribution >= 0.6 is 11.3 Å². The van der Waals surface area contributed by atoms with Crippen LogP contribution in [0.3, 0.4) is 0 Å². The highest BCUT2D eigenvalue weighted by molar-refractivity contribution is 7.89. The normalized spacial score (nSPS) is 11.7. The second-order valence-electron chi connectivity index (χ2n) is 6.69. The molecule has 154 valence electrons. The molecule has 0 unspecified atom stereocenters. The van der Waals surface area contributed by atoms with Gasteiger partial charge in [-0.25, -0.2) is 18.1 Å². The van der Waals surface area contributed by atoms with E-state index in [1.165, 1.54) is 35.6 Å². The lowest BCUT2D eigenvalue weighted by molar-refractivity contribution is 0.102. The summed E-state index contributed by atoms with van der Waals surface area (Å²) in [6.45, 7) is 4.00. The Kier molecular flexibility index (Phi) is 5.42. The summed E-state index contributed by atoms with van der Waals surface area (Å²) in [4.78, 5) is 20.6. The van der Waals surface area contributed by atoms with Crippen LogP contribution in [0.1, 0.15) is 23.0 Å². The van der Waals surface area contributed by atoms with Crippen molar-refractivity contribution in [2.75, 3.05) is 11.9 Å².